The van der Waals surface area contributed by atoms with E-state index in [0.29, 0.717) is 49.2 Å². The molecule has 31 heavy (non-hydrogen) atoms. The molecule has 1 aliphatic rings. The number of amides is 2. The topological polar surface area (TPSA) is 80.8 Å². The molecule has 2 amide bonds. The van der Waals surface area contributed by atoms with Crippen LogP contribution in [0.15, 0.2) is 36.5 Å². The standard InChI is InChI=1S/C24H29N3O4/c1-16(2)15-31-23-19(6-5-7-20(23)30-4)14-27(3)22(29)11-8-17-12-18-9-10-21(28)26-24(18)25-13-17/h5-8,11-13,16H,9-10,14-15H2,1-4H3,(H,25,26,28)/b11-8+. The first-order chi connectivity index (χ1) is 14.9. The van der Waals surface area contributed by atoms with Gasteiger partial charge in [0.2, 0.25) is 11.8 Å². The van der Waals surface area contributed by atoms with Gasteiger partial charge in [-0.3, -0.25) is 9.59 Å². The Balaban J connectivity index is 1.69. The molecule has 0 saturated heterocycles. The molecule has 1 aromatic heterocycles. The number of methoxy groups -OCH3 is 1. The highest BCUT2D eigenvalue weighted by atomic mass is 16.5. The van der Waals surface area contributed by atoms with E-state index in [-0.39, 0.29) is 11.8 Å². The Bertz CT molecular complexity index is 985. The number of para-hydroxylation sites is 1. The van der Waals surface area contributed by atoms with E-state index >= 15 is 0 Å². The lowest BCUT2D eigenvalue weighted by Crippen LogP contribution is -2.24. The zero-order chi connectivity index (χ0) is 22.4. The first-order valence-electron chi connectivity index (χ1n) is 10.4. The number of nitrogens with zero attached hydrogens (tertiary/aromatic N) is 2. The fourth-order valence-corrected chi connectivity index (χ4v) is 3.25. The van der Waals surface area contributed by atoms with Gasteiger partial charge in [0, 0.05) is 37.8 Å². The van der Waals surface area contributed by atoms with Crippen LogP contribution in [-0.2, 0) is 22.6 Å². The van der Waals surface area contributed by atoms with Crippen LogP contribution in [0.3, 0.4) is 0 Å². The second kappa shape index (κ2) is 10.1. The number of pyridine rings is 1. The molecule has 0 spiro atoms. The van der Waals surface area contributed by atoms with Gasteiger partial charge < -0.3 is 19.7 Å². The zero-order valence-corrected chi connectivity index (χ0v) is 18.5. The van der Waals surface area contributed by atoms with E-state index in [1.165, 1.54) is 6.08 Å². The minimum Gasteiger partial charge on any atom is -0.493 e. The van der Waals surface area contributed by atoms with Gasteiger partial charge in [0.25, 0.3) is 0 Å². The molecule has 0 bridgehead atoms. The summed E-state index contributed by atoms with van der Waals surface area (Å²) in [6.45, 7) is 5.12. The van der Waals surface area contributed by atoms with Crippen LogP contribution < -0.4 is 14.8 Å². The van der Waals surface area contributed by atoms with Gasteiger partial charge in [0.15, 0.2) is 11.5 Å². The number of fused-ring (bicyclic) bond motifs is 1. The molecule has 0 saturated carbocycles. The Morgan fingerprint density at radius 2 is 2.13 bits per heavy atom. The number of likely N-dealkylation sites (N-methyl/N-ethyl adjacent to an activating group) is 1. The second-order valence-corrected chi connectivity index (χ2v) is 8.01. The quantitative estimate of drug-likeness (QED) is 0.655. The van der Waals surface area contributed by atoms with Crippen molar-refractivity contribution in [2.45, 2.75) is 33.2 Å². The Kier molecular flexibility index (Phi) is 7.28. The third-order valence-electron chi connectivity index (χ3n) is 4.91. The molecule has 164 valence electrons. The minimum absolute atomic E-state index is 0.0191. The van der Waals surface area contributed by atoms with E-state index in [1.54, 1.807) is 31.3 Å². The highest BCUT2D eigenvalue weighted by Gasteiger charge is 2.17. The van der Waals surface area contributed by atoms with Crippen LogP contribution in [0.5, 0.6) is 11.5 Å². The Morgan fingerprint density at radius 3 is 2.87 bits per heavy atom. The number of hydrogen-bond donors (Lipinski definition) is 1. The number of rotatable bonds is 8. The van der Waals surface area contributed by atoms with Gasteiger partial charge in [-0.05, 0) is 41.7 Å². The number of carbonyl (C=O) groups is 2. The number of carbonyl (C=O) groups excluding carboxylic acids is 2. The second-order valence-electron chi connectivity index (χ2n) is 8.01. The van der Waals surface area contributed by atoms with Crippen molar-refractivity contribution in [3.63, 3.8) is 0 Å². The fraction of sp³-hybridized carbons (Fsp3) is 0.375. The van der Waals surface area contributed by atoms with Gasteiger partial charge in [-0.2, -0.15) is 0 Å². The first-order valence-corrected chi connectivity index (χ1v) is 10.4. The van der Waals surface area contributed by atoms with Crippen molar-refractivity contribution >= 4 is 23.7 Å². The molecule has 2 heterocycles. The molecule has 0 aliphatic carbocycles. The Hall–Kier alpha value is -3.35. The van der Waals surface area contributed by atoms with Crippen LogP contribution in [0.4, 0.5) is 5.82 Å². The van der Waals surface area contributed by atoms with Gasteiger partial charge in [-0.25, -0.2) is 4.98 Å². The number of aryl methyl sites for hydroxylation is 1. The summed E-state index contributed by atoms with van der Waals surface area (Å²) in [5.41, 5.74) is 2.68. The van der Waals surface area contributed by atoms with Crippen LogP contribution in [0.1, 0.15) is 37.0 Å². The molecule has 0 radical (unpaired) electrons. The maximum absolute atomic E-state index is 12.7. The smallest absolute Gasteiger partial charge is 0.246 e. The van der Waals surface area contributed by atoms with E-state index in [2.05, 4.69) is 24.1 Å². The number of anilines is 1. The number of nitrogens with one attached hydrogen (secondary N) is 1. The number of hydrogen-bond acceptors (Lipinski definition) is 5. The highest BCUT2D eigenvalue weighted by molar-refractivity contribution is 5.93. The average Bonchev–Trinajstić information content (AvgIpc) is 2.76. The highest BCUT2D eigenvalue weighted by Crippen LogP contribution is 2.32. The summed E-state index contributed by atoms with van der Waals surface area (Å²) in [5.74, 6) is 2.14. The molecule has 0 fully saturated rings. The average molecular weight is 424 g/mol. The molecule has 7 heteroatoms. The summed E-state index contributed by atoms with van der Waals surface area (Å²) in [4.78, 5) is 30.0. The molecule has 7 nitrogen and oxygen atoms in total. The lowest BCUT2D eigenvalue weighted by atomic mass is 10.0. The monoisotopic (exact) mass is 423 g/mol. The van der Waals surface area contributed by atoms with E-state index in [0.717, 1.165) is 16.7 Å². The molecule has 0 atom stereocenters. The summed E-state index contributed by atoms with van der Waals surface area (Å²) in [6.07, 6.45) is 6.02. The molecule has 0 unspecified atom stereocenters. The van der Waals surface area contributed by atoms with Crippen molar-refractivity contribution in [2.75, 3.05) is 26.1 Å². The molecule has 1 N–H and O–H groups in total. The van der Waals surface area contributed by atoms with Crippen LogP contribution in [-0.4, -0.2) is 42.5 Å². The van der Waals surface area contributed by atoms with Crippen LogP contribution in [0.2, 0.25) is 0 Å². The van der Waals surface area contributed by atoms with E-state index in [9.17, 15) is 9.59 Å². The fourth-order valence-electron chi connectivity index (χ4n) is 3.25. The van der Waals surface area contributed by atoms with Gasteiger partial charge in [-0.1, -0.05) is 26.0 Å². The molecular formula is C24H29N3O4. The lowest BCUT2D eigenvalue weighted by molar-refractivity contribution is -0.125. The van der Waals surface area contributed by atoms with Gasteiger partial charge in [0.1, 0.15) is 5.82 Å². The molecule has 1 aliphatic heterocycles. The number of benzene rings is 1. The molecule has 3 rings (SSSR count). The number of ether oxygens (including phenoxy) is 2. The third-order valence-corrected chi connectivity index (χ3v) is 4.91. The van der Waals surface area contributed by atoms with E-state index in [1.807, 2.05) is 24.3 Å². The van der Waals surface area contributed by atoms with Gasteiger partial charge in [-0.15, -0.1) is 0 Å². The largest absolute Gasteiger partial charge is 0.493 e. The maximum Gasteiger partial charge on any atom is 0.246 e. The lowest BCUT2D eigenvalue weighted by Gasteiger charge is -2.20. The van der Waals surface area contributed by atoms with Gasteiger partial charge >= 0.3 is 0 Å². The van der Waals surface area contributed by atoms with Crippen molar-refractivity contribution in [1.29, 1.82) is 0 Å². The number of aromatic nitrogens is 1. The van der Waals surface area contributed by atoms with E-state index < -0.39 is 0 Å². The van der Waals surface area contributed by atoms with Crippen molar-refractivity contribution < 1.29 is 19.1 Å². The summed E-state index contributed by atoms with van der Waals surface area (Å²) >= 11 is 0. The van der Waals surface area contributed by atoms with Crippen molar-refractivity contribution in [2.24, 2.45) is 5.92 Å². The van der Waals surface area contributed by atoms with Crippen molar-refractivity contribution in [3.8, 4) is 11.5 Å². The van der Waals surface area contributed by atoms with Gasteiger partial charge in [0.05, 0.1) is 13.7 Å². The Morgan fingerprint density at radius 1 is 1.32 bits per heavy atom. The Labute approximate surface area is 183 Å². The van der Waals surface area contributed by atoms with Crippen LogP contribution >= 0.6 is 0 Å². The first kappa shape index (κ1) is 22.3. The molecular weight excluding hydrogens is 394 g/mol. The third kappa shape index (κ3) is 5.84. The molecule has 1 aromatic carbocycles. The zero-order valence-electron chi connectivity index (χ0n) is 18.5. The van der Waals surface area contributed by atoms with Crippen LogP contribution in [0, 0.1) is 5.92 Å². The predicted octanol–water partition coefficient (Wildman–Crippen LogP) is 3.68. The van der Waals surface area contributed by atoms with Crippen molar-refractivity contribution in [1.82, 2.24) is 9.88 Å². The van der Waals surface area contributed by atoms with Crippen molar-refractivity contribution in [3.05, 3.63) is 53.2 Å². The summed E-state index contributed by atoms with van der Waals surface area (Å²) < 4.78 is 11.4. The predicted molar refractivity (Wildman–Crippen MR) is 120 cm³/mol. The van der Waals surface area contributed by atoms with E-state index in [4.69, 9.17) is 9.47 Å². The minimum atomic E-state index is -0.136. The summed E-state index contributed by atoms with van der Waals surface area (Å²) in [5, 5.41) is 2.76. The molecule has 2 aromatic rings. The SMILES string of the molecule is COc1cccc(CN(C)C(=O)/C=C/c2cnc3c(c2)CCC(=O)N3)c1OCC(C)C. The van der Waals surface area contributed by atoms with Crippen LogP contribution in [0.25, 0.3) is 6.08 Å². The summed E-state index contributed by atoms with van der Waals surface area (Å²) in [7, 11) is 3.36. The normalized spacial score (nSPS) is 13.1. The maximum atomic E-state index is 12.7. The summed E-state index contributed by atoms with van der Waals surface area (Å²) in [6, 6.07) is 7.63.